The van der Waals surface area contributed by atoms with Crippen molar-refractivity contribution >= 4 is 0 Å². The van der Waals surface area contributed by atoms with Crippen molar-refractivity contribution in [3.8, 4) is 0 Å². The summed E-state index contributed by atoms with van der Waals surface area (Å²) in [6, 6.07) is 0.0317. The van der Waals surface area contributed by atoms with Crippen molar-refractivity contribution in [1.82, 2.24) is 5.32 Å². The molecule has 0 radical (unpaired) electrons. The van der Waals surface area contributed by atoms with Gasteiger partial charge in [-0.25, -0.2) is 0 Å². The molecule has 0 aromatic carbocycles. The zero-order chi connectivity index (χ0) is 15.2. The molecule has 120 valence electrons. The van der Waals surface area contributed by atoms with Crippen molar-refractivity contribution in [2.75, 3.05) is 6.54 Å². The SMILES string of the molecule is CCCNC(CCC(C)C)C1CCCCC1C(F)(F)F. The molecule has 0 aromatic heterocycles. The summed E-state index contributed by atoms with van der Waals surface area (Å²) in [7, 11) is 0. The van der Waals surface area contributed by atoms with Gasteiger partial charge in [0.15, 0.2) is 0 Å². The Morgan fingerprint density at radius 3 is 2.30 bits per heavy atom. The second-order valence-corrected chi connectivity index (χ2v) is 6.63. The van der Waals surface area contributed by atoms with Crippen LogP contribution in [-0.4, -0.2) is 18.8 Å². The van der Waals surface area contributed by atoms with Gasteiger partial charge in [-0.3, -0.25) is 0 Å². The van der Waals surface area contributed by atoms with E-state index in [1.54, 1.807) is 0 Å². The van der Waals surface area contributed by atoms with Gasteiger partial charge < -0.3 is 5.32 Å². The highest BCUT2D eigenvalue weighted by molar-refractivity contribution is 4.88. The summed E-state index contributed by atoms with van der Waals surface area (Å²) in [5.41, 5.74) is 0. The molecule has 0 aliphatic heterocycles. The molecule has 1 aliphatic rings. The first-order valence-electron chi connectivity index (χ1n) is 8.16. The molecular formula is C16H30F3N. The molecule has 1 fully saturated rings. The van der Waals surface area contributed by atoms with E-state index in [1.807, 2.05) is 0 Å². The molecule has 3 unspecified atom stereocenters. The van der Waals surface area contributed by atoms with Crippen molar-refractivity contribution in [2.45, 2.75) is 77.9 Å². The maximum absolute atomic E-state index is 13.2. The average molecular weight is 293 g/mol. The maximum atomic E-state index is 13.2. The Bertz CT molecular complexity index is 263. The van der Waals surface area contributed by atoms with Crippen LogP contribution in [0, 0.1) is 17.8 Å². The van der Waals surface area contributed by atoms with Gasteiger partial charge in [-0.05, 0) is 50.5 Å². The van der Waals surface area contributed by atoms with E-state index in [0.717, 1.165) is 45.1 Å². The van der Waals surface area contributed by atoms with E-state index in [-0.39, 0.29) is 12.0 Å². The topological polar surface area (TPSA) is 12.0 Å². The lowest BCUT2D eigenvalue weighted by molar-refractivity contribution is -0.199. The van der Waals surface area contributed by atoms with Crippen LogP contribution in [0.5, 0.6) is 0 Å². The van der Waals surface area contributed by atoms with Crippen molar-refractivity contribution in [3.05, 3.63) is 0 Å². The molecule has 1 nitrogen and oxygen atoms in total. The van der Waals surface area contributed by atoms with Crippen molar-refractivity contribution in [2.24, 2.45) is 17.8 Å². The molecule has 1 aliphatic carbocycles. The Labute approximate surface area is 121 Å². The van der Waals surface area contributed by atoms with Gasteiger partial charge in [0.05, 0.1) is 5.92 Å². The van der Waals surface area contributed by atoms with E-state index < -0.39 is 12.1 Å². The van der Waals surface area contributed by atoms with Crippen LogP contribution in [-0.2, 0) is 0 Å². The predicted octanol–water partition coefficient (Wildman–Crippen LogP) is 5.16. The molecule has 1 N–H and O–H groups in total. The third-order valence-corrected chi connectivity index (χ3v) is 4.47. The second kappa shape index (κ2) is 8.26. The summed E-state index contributed by atoms with van der Waals surface area (Å²) < 4.78 is 39.7. The highest BCUT2D eigenvalue weighted by Gasteiger charge is 2.47. The van der Waals surface area contributed by atoms with Gasteiger partial charge >= 0.3 is 6.18 Å². The molecule has 0 aromatic rings. The molecule has 1 saturated carbocycles. The van der Waals surface area contributed by atoms with Crippen LogP contribution >= 0.6 is 0 Å². The highest BCUT2D eigenvalue weighted by Crippen LogP contribution is 2.43. The molecule has 4 heteroatoms. The largest absolute Gasteiger partial charge is 0.392 e. The van der Waals surface area contributed by atoms with Gasteiger partial charge in [-0.1, -0.05) is 33.6 Å². The number of hydrogen-bond donors (Lipinski definition) is 1. The molecule has 0 bridgehead atoms. The van der Waals surface area contributed by atoms with Gasteiger partial charge in [0.25, 0.3) is 0 Å². The van der Waals surface area contributed by atoms with Crippen molar-refractivity contribution in [1.29, 1.82) is 0 Å². The molecule has 0 saturated heterocycles. The van der Waals surface area contributed by atoms with E-state index in [1.165, 1.54) is 0 Å². The van der Waals surface area contributed by atoms with E-state index in [0.29, 0.717) is 12.3 Å². The Morgan fingerprint density at radius 1 is 1.10 bits per heavy atom. The van der Waals surface area contributed by atoms with E-state index in [4.69, 9.17) is 0 Å². The zero-order valence-electron chi connectivity index (χ0n) is 13.1. The Morgan fingerprint density at radius 2 is 1.75 bits per heavy atom. The van der Waals surface area contributed by atoms with Crippen LogP contribution in [0.4, 0.5) is 13.2 Å². The summed E-state index contributed by atoms with van der Waals surface area (Å²) in [6.07, 6.45) is 1.53. The minimum Gasteiger partial charge on any atom is -0.314 e. The Hall–Kier alpha value is -0.250. The second-order valence-electron chi connectivity index (χ2n) is 6.63. The van der Waals surface area contributed by atoms with E-state index in [2.05, 4.69) is 26.1 Å². The van der Waals surface area contributed by atoms with Gasteiger partial charge in [-0.2, -0.15) is 13.2 Å². The fourth-order valence-corrected chi connectivity index (χ4v) is 3.36. The van der Waals surface area contributed by atoms with Crippen LogP contribution in [0.15, 0.2) is 0 Å². The minimum atomic E-state index is -4.03. The normalized spacial score (nSPS) is 25.9. The molecule has 0 spiro atoms. The highest BCUT2D eigenvalue weighted by atomic mass is 19.4. The maximum Gasteiger partial charge on any atom is 0.392 e. The summed E-state index contributed by atoms with van der Waals surface area (Å²) in [5, 5.41) is 3.40. The van der Waals surface area contributed by atoms with Crippen molar-refractivity contribution < 1.29 is 13.2 Å². The zero-order valence-corrected chi connectivity index (χ0v) is 13.1. The summed E-state index contributed by atoms with van der Waals surface area (Å²) in [4.78, 5) is 0. The number of rotatable bonds is 7. The molecule has 3 atom stereocenters. The number of alkyl halides is 3. The summed E-state index contributed by atoms with van der Waals surface area (Å²) in [5.74, 6) is -0.777. The van der Waals surface area contributed by atoms with Gasteiger partial charge in [0.2, 0.25) is 0 Å². The summed E-state index contributed by atoms with van der Waals surface area (Å²) >= 11 is 0. The first kappa shape index (κ1) is 17.8. The number of hydrogen-bond acceptors (Lipinski definition) is 1. The monoisotopic (exact) mass is 293 g/mol. The van der Waals surface area contributed by atoms with Crippen LogP contribution in [0.3, 0.4) is 0 Å². The number of nitrogens with one attached hydrogen (secondary N) is 1. The third-order valence-electron chi connectivity index (χ3n) is 4.47. The molecular weight excluding hydrogens is 263 g/mol. The Kier molecular flexibility index (Phi) is 7.35. The summed E-state index contributed by atoms with van der Waals surface area (Å²) in [6.45, 7) is 7.16. The standard InChI is InChI=1S/C16H30F3N/c1-4-11-20-15(10-9-12(2)3)13-7-5-6-8-14(13)16(17,18)19/h12-15,20H,4-11H2,1-3H3. The third kappa shape index (κ3) is 5.63. The van der Waals surface area contributed by atoms with Crippen molar-refractivity contribution in [3.63, 3.8) is 0 Å². The number of halogens is 3. The lowest BCUT2D eigenvalue weighted by Crippen LogP contribution is -2.46. The lowest BCUT2D eigenvalue weighted by atomic mass is 9.73. The molecule has 0 heterocycles. The van der Waals surface area contributed by atoms with Gasteiger partial charge in [0.1, 0.15) is 0 Å². The predicted molar refractivity (Wildman–Crippen MR) is 77.7 cm³/mol. The fraction of sp³-hybridized carbons (Fsp3) is 1.00. The molecule has 1 rings (SSSR count). The van der Waals surface area contributed by atoms with E-state index in [9.17, 15) is 13.2 Å². The first-order chi connectivity index (χ1) is 9.36. The minimum absolute atomic E-state index is 0.0317. The average Bonchev–Trinajstić information content (AvgIpc) is 2.37. The van der Waals surface area contributed by atoms with Crippen LogP contribution in [0.25, 0.3) is 0 Å². The fourth-order valence-electron chi connectivity index (χ4n) is 3.36. The molecule has 0 amide bonds. The van der Waals surface area contributed by atoms with Gasteiger partial charge in [0, 0.05) is 6.04 Å². The van der Waals surface area contributed by atoms with Gasteiger partial charge in [-0.15, -0.1) is 0 Å². The lowest BCUT2D eigenvalue weighted by Gasteiger charge is -2.39. The quantitative estimate of drug-likeness (QED) is 0.683. The van der Waals surface area contributed by atoms with E-state index >= 15 is 0 Å². The van der Waals surface area contributed by atoms with Crippen LogP contribution in [0.2, 0.25) is 0 Å². The van der Waals surface area contributed by atoms with Crippen LogP contribution < -0.4 is 5.32 Å². The molecule has 20 heavy (non-hydrogen) atoms. The smallest absolute Gasteiger partial charge is 0.314 e. The Balaban J connectivity index is 2.73. The first-order valence-corrected chi connectivity index (χ1v) is 8.16. The van der Waals surface area contributed by atoms with Crippen LogP contribution in [0.1, 0.15) is 65.7 Å².